The zero-order valence-corrected chi connectivity index (χ0v) is 7.71. The van der Waals surface area contributed by atoms with Crippen LogP contribution in [0.25, 0.3) is 0 Å². The first-order chi connectivity index (χ1) is 5.83. The summed E-state index contributed by atoms with van der Waals surface area (Å²) >= 11 is 0. The highest BCUT2D eigenvalue weighted by Crippen LogP contribution is 2.08. The van der Waals surface area contributed by atoms with Gasteiger partial charge < -0.3 is 15.7 Å². The van der Waals surface area contributed by atoms with Crippen molar-refractivity contribution in [1.29, 1.82) is 0 Å². The number of hydrogen-bond acceptors (Lipinski definition) is 3. The normalized spacial score (nSPS) is 25.0. The SMILES string of the molecule is N[C@@H]1CCN(CCCCCO)C1. The molecular formula is C9H20N2O. The summed E-state index contributed by atoms with van der Waals surface area (Å²) < 4.78 is 0. The predicted molar refractivity (Wildman–Crippen MR) is 50.0 cm³/mol. The summed E-state index contributed by atoms with van der Waals surface area (Å²) in [6.07, 6.45) is 4.44. The molecule has 0 unspecified atom stereocenters. The van der Waals surface area contributed by atoms with E-state index in [-0.39, 0.29) is 0 Å². The van der Waals surface area contributed by atoms with E-state index in [1.54, 1.807) is 0 Å². The number of rotatable bonds is 5. The first-order valence-corrected chi connectivity index (χ1v) is 4.91. The summed E-state index contributed by atoms with van der Waals surface area (Å²) in [5.74, 6) is 0. The van der Waals surface area contributed by atoms with Gasteiger partial charge in [0.15, 0.2) is 0 Å². The maximum Gasteiger partial charge on any atom is 0.0431 e. The van der Waals surface area contributed by atoms with Crippen molar-refractivity contribution in [3.8, 4) is 0 Å². The molecule has 0 bridgehead atoms. The molecule has 0 spiro atoms. The zero-order chi connectivity index (χ0) is 8.81. The van der Waals surface area contributed by atoms with Gasteiger partial charge in [-0.25, -0.2) is 0 Å². The fraction of sp³-hybridized carbons (Fsp3) is 1.00. The average molecular weight is 172 g/mol. The van der Waals surface area contributed by atoms with Crippen LogP contribution >= 0.6 is 0 Å². The number of likely N-dealkylation sites (tertiary alicyclic amines) is 1. The van der Waals surface area contributed by atoms with Gasteiger partial charge >= 0.3 is 0 Å². The van der Waals surface area contributed by atoms with Crippen molar-refractivity contribution in [1.82, 2.24) is 4.90 Å². The van der Waals surface area contributed by atoms with E-state index in [1.165, 1.54) is 13.0 Å². The van der Waals surface area contributed by atoms with Gasteiger partial charge in [-0.05, 0) is 38.8 Å². The molecule has 3 heteroatoms. The lowest BCUT2D eigenvalue weighted by Crippen LogP contribution is -2.27. The largest absolute Gasteiger partial charge is 0.396 e. The fourth-order valence-electron chi connectivity index (χ4n) is 1.69. The number of hydrogen-bond donors (Lipinski definition) is 2. The van der Waals surface area contributed by atoms with Crippen LogP contribution in [0.2, 0.25) is 0 Å². The van der Waals surface area contributed by atoms with Crippen LogP contribution in [0.5, 0.6) is 0 Å². The second kappa shape index (κ2) is 5.51. The Kier molecular flexibility index (Phi) is 4.58. The smallest absolute Gasteiger partial charge is 0.0431 e. The summed E-state index contributed by atoms with van der Waals surface area (Å²) in [7, 11) is 0. The number of nitrogens with zero attached hydrogens (tertiary/aromatic N) is 1. The number of aliphatic hydroxyl groups excluding tert-OH is 1. The standard InChI is InChI=1S/C9H20N2O/c10-9-4-6-11(8-9)5-2-1-3-7-12/h9,12H,1-8,10H2/t9-/m1/s1. The third-order valence-electron chi connectivity index (χ3n) is 2.44. The molecular weight excluding hydrogens is 152 g/mol. The van der Waals surface area contributed by atoms with E-state index in [2.05, 4.69) is 4.90 Å². The summed E-state index contributed by atoms with van der Waals surface area (Å²) in [5.41, 5.74) is 5.77. The van der Waals surface area contributed by atoms with E-state index in [1.807, 2.05) is 0 Å². The van der Waals surface area contributed by atoms with Crippen molar-refractivity contribution >= 4 is 0 Å². The molecule has 1 aliphatic rings. The third-order valence-corrected chi connectivity index (χ3v) is 2.44. The Morgan fingerprint density at radius 2 is 2.17 bits per heavy atom. The van der Waals surface area contributed by atoms with Gasteiger partial charge in [-0.3, -0.25) is 0 Å². The predicted octanol–water partition coefficient (Wildman–Crippen LogP) is 0.182. The lowest BCUT2D eigenvalue weighted by molar-refractivity contribution is 0.272. The minimum atomic E-state index is 0.333. The third kappa shape index (κ3) is 3.52. The van der Waals surface area contributed by atoms with Gasteiger partial charge in [-0.15, -0.1) is 0 Å². The second-order valence-electron chi connectivity index (χ2n) is 3.63. The van der Waals surface area contributed by atoms with Crippen molar-refractivity contribution < 1.29 is 5.11 Å². The molecule has 1 heterocycles. The summed E-state index contributed by atoms with van der Waals surface area (Å²) in [4.78, 5) is 2.42. The summed E-state index contributed by atoms with van der Waals surface area (Å²) in [6.45, 7) is 3.73. The second-order valence-corrected chi connectivity index (χ2v) is 3.63. The van der Waals surface area contributed by atoms with E-state index in [0.717, 1.165) is 32.4 Å². The van der Waals surface area contributed by atoms with Crippen LogP contribution in [-0.4, -0.2) is 42.3 Å². The highest BCUT2D eigenvalue weighted by atomic mass is 16.2. The van der Waals surface area contributed by atoms with Gasteiger partial charge in [-0.1, -0.05) is 0 Å². The Hall–Kier alpha value is -0.120. The molecule has 0 radical (unpaired) electrons. The van der Waals surface area contributed by atoms with Gasteiger partial charge in [0.1, 0.15) is 0 Å². The van der Waals surface area contributed by atoms with Crippen molar-refractivity contribution in [2.45, 2.75) is 31.7 Å². The zero-order valence-electron chi connectivity index (χ0n) is 7.71. The molecule has 1 rings (SSSR count). The van der Waals surface area contributed by atoms with Gasteiger partial charge in [0.25, 0.3) is 0 Å². The first kappa shape index (κ1) is 9.96. The Bertz CT molecular complexity index is 119. The number of aliphatic hydroxyl groups is 1. The molecule has 0 amide bonds. The van der Waals surface area contributed by atoms with Gasteiger partial charge in [0.2, 0.25) is 0 Å². The highest BCUT2D eigenvalue weighted by molar-refractivity contribution is 4.77. The van der Waals surface area contributed by atoms with Crippen molar-refractivity contribution in [2.75, 3.05) is 26.2 Å². The monoisotopic (exact) mass is 172 g/mol. The van der Waals surface area contributed by atoms with Crippen molar-refractivity contribution in [3.05, 3.63) is 0 Å². The van der Waals surface area contributed by atoms with Crippen LogP contribution in [-0.2, 0) is 0 Å². The van der Waals surface area contributed by atoms with Gasteiger partial charge in [0, 0.05) is 19.2 Å². The van der Waals surface area contributed by atoms with Gasteiger partial charge in [0.05, 0.1) is 0 Å². The lowest BCUT2D eigenvalue weighted by Gasteiger charge is -2.14. The van der Waals surface area contributed by atoms with Crippen LogP contribution in [0.3, 0.4) is 0 Å². The average Bonchev–Trinajstić information content (AvgIpc) is 2.45. The molecule has 1 aliphatic heterocycles. The maximum absolute atomic E-state index is 8.57. The molecule has 72 valence electrons. The maximum atomic E-state index is 8.57. The van der Waals surface area contributed by atoms with Crippen LogP contribution < -0.4 is 5.73 Å². The first-order valence-electron chi connectivity index (χ1n) is 4.91. The molecule has 3 N–H and O–H groups in total. The molecule has 0 aromatic rings. The van der Waals surface area contributed by atoms with E-state index >= 15 is 0 Å². The molecule has 0 aliphatic carbocycles. The van der Waals surface area contributed by atoms with Crippen LogP contribution in [0.15, 0.2) is 0 Å². The Labute approximate surface area is 74.5 Å². The molecule has 1 saturated heterocycles. The molecule has 0 aromatic heterocycles. The Morgan fingerprint density at radius 1 is 1.33 bits per heavy atom. The molecule has 12 heavy (non-hydrogen) atoms. The van der Waals surface area contributed by atoms with Crippen molar-refractivity contribution in [2.24, 2.45) is 5.73 Å². The fourth-order valence-corrected chi connectivity index (χ4v) is 1.69. The van der Waals surface area contributed by atoms with Crippen molar-refractivity contribution in [3.63, 3.8) is 0 Å². The molecule has 1 atom stereocenters. The molecule has 0 saturated carbocycles. The summed E-state index contributed by atoms with van der Waals surface area (Å²) in [6, 6.07) is 0.405. The van der Waals surface area contributed by atoms with Crippen LogP contribution in [0.4, 0.5) is 0 Å². The molecule has 3 nitrogen and oxygen atoms in total. The van der Waals surface area contributed by atoms with Gasteiger partial charge in [-0.2, -0.15) is 0 Å². The van der Waals surface area contributed by atoms with Crippen LogP contribution in [0, 0.1) is 0 Å². The highest BCUT2D eigenvalue weighted by Gasteiger charge is 2.17. The number of nitrogens with two attached hydrogens (primary N) is 1. The Balaban J connectivity index is 1.93. The van der Waals surface area contributed by atoms with E-state index < -0.39 is 0 Å². The van der Waals surface area contributed by atoms with E-state index in [9.17, 15) is 0 Å². The van der Waals surface area contributed by atoms with Crippen LogP contribution in [0.1, 0.15) is 25.7 Å². The molecule has 1 fully saturated rings. The topological polar surface area (TPSA) is 49.5 Å². The minimum absolute atomic E-state index is 0.333. The summed E-state index contributed by atoms with van der Waals surface area (Å²) in [5, 5.41) is 8.57. The van der Waals surface area contributed by atoms with E-state index in [4.69, 9.17) is 10.8 Å². The lowest BCUT2D eigenvalue weighted by atomic mass is 10.2. The van der Waals surface area contributed by atoms with E-state index in [0.29, 0.717) is 12.6 Å². The quantitative estimate of drug-likeness (QED) is 0.582. The minimum Gasteiger partial charge on any atom is -0.396 e. The number of unbranched alkanes of at least 4 members (excludes halogenated alkanes) is 2. The Morgan fingerprint density at radius 3 is 2.75 bits per heavy atom. The molecule has 0 aromatic carbocycles.